The van der Waals surface area contributed by atoms with Crippen LogP contribution in [0, 0.1) is 11.8 Å². The summed E-state index contributed by atoms with van der Waals surface area (Å²) in [6.45, 7) is 2.40. The fourth-order valence-electron chi connectivity index (χ4n) is 5.54. The molecule has 1 heterocycles. The summed E-state index contributed by atoms with van der Waals surface area (Å²) in [5, 5.41) is 23.9. The number of nitrogens with one attached hydrogen (secondary N) is 2. The Balaban J connectivity index is 1.61. The standard InChI is InChI=1S/C35H38N4O3/c1-23(22-40)36-32(41)19-15-24-14-18-30-31(20-24)38-35(42)33(30)34(37-27-16-12-25(13-17-27)21-39(2)3)29-11-7-9-26-8-5-4-6-10-28(26)29/h7,9,11-14,16-18,20,23,38,40,42H,4-6,8,10,21-22H2,1-3H3,(H,36,41)/t23-/m1/s1. The zero-order chi connectivity index (χ0) is 29.6. The molecule has 4 N–H and O–H groups in total. The second-order valence-corrected chi connectivity index (χ2v) is 11.3. The van der Waals surface area contributed by atoms with Gasteiger partial charge in [-0.1, -0.05) is 48.7 Å². The van der Waals surface area contributed by atoms with Crippen molar-refractivity contribution < 1.29 is 15.0 Å². The third kappa shape index (κ3) is 6.73. The lowest BCUT2D eigenvalue weighted by molar-refractivity contribution is -0.116. The van der Waals surface area contributed by atoms with Gasteiger partial charge in [-0.15, -0.1) is 0 Å². The number of benzene rings is 3. The Bertz CT molecular complexity index is 1670. The number of aliphatic imine (C=N–C) groups is 1. The summed E-state index contributed by atoms with van der Waals surface area (Å²) >= 11 is 0. The maximum absolute atomic E-state index is 12.1. The fourth-order valence-corrected chi connectivity index (χ4v) is 5.54. The molecule has 1 aliphatic rings. The van der Waals surface area contributed by atoms with Gasteiger partial charge < -0.3 is 25.4 Å². The molecule has 0 saturated carbocycles. The van der Waals surface area contributed by atoms with Crippen LogP contribution in [0.1, 0.15) is 59.6 Å². The summed E-state index contributed by atoms with van der Waals surface area (Å²) in [5.74, 6) is 5.04. The first-order chi connectivity index (χ1) is 20.3. The first kappa shape index (κ1) is 29.1. The first-order valence-corrected chi connectivity index (χ1v) is 14.5. The molecule has 7 nitrogen and oxygen atoms in total. The van der Waals surface area contributed by atoms with Crippen LogP contribution in [0.5, 0.6) is 5.88 Å². The number of carbonyl (C=O) groups excluding carboxylic acids is 1. The van der Waals surface area contributed by atoms with Gasteiger partial charge in [0, 0.05) is 29.0 Å². The molecule has 5 rings (SSSR count). The van der Waals surface area contributed by atoms with Gasteiger partial charge in [0.15, 0.2) is 5.88 Å². The largest absolute Gasteiger partial charge is 0.494 e. The molecule has 1 aromatic heterocycles. The van der Waals surface area contributed by atoms with Gasteiger partial charge in [-0.2, -0.15) is 0 Å². The number of aliphatic hydroxyl groups excluding tert-OH is 1. The number of carbonyl (C=O) groups is 1. The first-order valence-electron chi connectivity index (χ1n) is 14.5. The van der Waals surface area contributed by atoms with E-state index in [-0.39, 0.29) is 18.5 Å². The predicted molar refractivity (Wildman–Crippen MR) is 168 cm³/mol. The van der Waals surface area contributed by atoms with Crippen molar-refractivity contribution in [3.05, 3.63) is 94.0 Å². The zero-order valence-electron chi connectivity index (χ0n) is 24.5. The average Bonchev–Trinajstić information content (AvgIpc) is 3.12. The van der Waals surface area contributed by atoms with Crippen molar-refractivity contribution in [3.8, 4) is 17.7 Å². The third-order valence-electron chi connectivity index (χ3n) is 7.56. The number of aromatic hydroxyl groups is 1. The molecule has 1 amide bonds. The summed E-state index contributed by atoms with van der Waals surface area (Å²) in [7, 11) is 4.10. The molecule has 0 spiro atoms. The number of nitrogens with zero attached hydrogens (tertiary/aromatic N) is 2. The zero-order valence-corrected chi connectivity index (χ0v) is 24.5. The number of aryl methyl sites for hydroxylation is 1. The Kier molecular flexibility index (Phi) is 9.06. The van der Waals surface area contributed by atoms with Gasteiger partial charge in [-0.05, 0) is 87.7 Å². The maximum Gasteiger partial charge on any atom is 0.296 e. The summed E-state index contributed by atoms with van der Waals surface area (Å²) in [4.78, 5) is 22.5. The van der Waals surface area contributed by atoms with E-state index in [1.165, 1.54) is 29.5 Å². The number of hydrogen-bond acceptors (Lipinski definition) is 5. The topological polar surface area (TPSA) is 101 Å². The Morgan fingerprint density at radius 3 is 2.62 bits per heavy atom. The van der Waals surface area contributed by atoms with Crippen LogP contribution in [0.3, 0.4) is 0 Å². The highest BCUT2D eigenvalue weighted by Crippen LogP contribution is 2.35. The number of fused-ring (bicyclic) bond motifs is 2. The van der Waals surface area contributed by atoms with Crippen molar-refractivity contribution in [1.29, 1.82) is 0 Å². The van der Waals surface area contributed by atoms with Crippen molar-refractivity contribution in [1.82, 2.24) is 15.2 Å². The van der Waals surface area contributed by atoms with E-state index < -0.39 is 5.91 Å². The van der Waals surface area contributed by atoms with Crippen molar-refractivity contribution in [2.45, 2.75) is 51.6 Å². The molecule has 3 aromatic carbocycles. The van der Waals surface area contributed by atoms with Gasteiger partial charge in [0.25, 0.3) is 5.91 Å². The number of H-pyrrole nitrogens is 1. The molecule has 42 heavy (non-hydrogen) atoms. The molecule has 7 heteroatoms. The molecular weight excluding hydrogens is 524 g/mol. The van der Waals surface area contributed by atoms with E-state index in [4.69, 9.17) is 10.1 Å². The molecule has 0 unspecified atom stereocenters. The maximum atomic E-state index is 12.1. The number of aromatic amines is 1. The van der Waals surface area contributed by atoms with Crippen LogP contribution in [0.4, 0.5) is 5.69 Å². The van der Waals surface area contributed by atoms with E-state index >= 15 is 0 Å². The van der Waals surface area contributed by atoms with E-state index in [0.717, 1.165) is 48.2 Å². The molecule has 4 aromatic rings. The number of amides is 1. The van der Waals surface area contributed by atoms with Gasteiger partial charge in [0.2, 0.25) is 0 Å². The smallest absolute Gasteiger partial charge is 0.296 e. The predicted octanol–water partition coefficient (Wildman–Crippen LogP) is 5.22. The van der Waals surface area contributed by atoms with Gasteiger partial charge in [-0.3, -0.25) is 4.79 Å². The second kappa shape index (κ2) is 13.1. The summed E-state index contributed by atoms with van der Waals surface area (Å²) in [6.07, 6.45) is 5.53. The van der Waals surface area contributed by atoms with Crippen LogP contribution in [0.15, 0.2) is 65.7 Å². The Morgan fingerprint density at radius 1 is 1.07 bits per heavy atom. The third-order valence-corrected chi connectivity index (χ3v) is 7.56. The minimum Gasteiger partial charge on any atom is -0.494 e. The lowest BCUT2D eigenvalue weighted by Gasteiger charge is -2.15. The number of hydrogen-bond donors (Lipinski definition) is 4. The normalized spacial score (nSPS) is 14.2. The molecule has 0 aliphatic heterocycles. The van der Waals surface area contributed by atoms with Gasteiger partial charge in [0.1, 0.15) is 0 Å². The molecule has 0 radical (unpaired) electrons. The molecule has 1 aliphatic carbocycles. The summed E-state index contributed by atoms with van der Waals surface area (Å²) in [5.41, 5.74) is 8.43. The van der Waals surface area contributed by atoms with E-state index in [9.17, 15) is 9.90 Å². The van der Waals surface area contributed by atoms with Crippen molar-refractivity contribution >= 4 is 28.2 Å². The van der Waals surface area contributed by atoms with Crippen LogP contribution in [-0.4, -0.2) is 58.5 Å². The van der Waals surface area contributed by atoms with Crippen molar-refractivity contribution in [2.24, 2.45) is 4.99 Å². The molecular formula is C35H38N4O3. The Morgan fingerprint density at radius 2 is 1.86 bits per heavy atom. The highest BCUT2D eigenvalue weighted by Gasteiger charge is 2.23. The number of rotatable bonds is 7. The van der Waals surface area contributed by atoms with Gasteiger partial charge >= 0.3 is 0 Å². The van der Waals surface area contributed by atoms with Crippen molar-refractivity contribution in [3.63, 3.8) is 0 Å². The minimum atomic E-state index is -0.456. The van der Waals surface area contributed by atoms with E-state index in [2.05, 4.69) is 71.5 Å². The van der Waals surface area contributed by atoms with E-state index in [0.29, 0.717) is 16.6 Å². The minimum absolute atomic E-state index is 0.0406. The quantitative estimate of drug-likeness (QED) is 0.141. The molecule has 216 valence electrons. The van der Waals surface area contributed by atoms with Crippen LogP contribution in [0.2, 0.25) is 0 Å². The van der Waals surface area contributed by atoms with E-state index in [1.54, 1.807) is 6.92 Å². The lowest BCUT2D eigenvalue weighted by Crippen LogP contribution is -2.33. The van der Waals surface area contributed by atoms with Crippen LogP contribution in [0.25, 0.3) is 10.9 Å². The summed E-state index contributed by atoms with van der Waals surface area (Å²) < 4.78 is 0. The highest BCUT2D eigenvalue weighted by atomic mass is 16.3. The van der Waals surface area contributed by atoms with Crippen molar-refractivity contribution in [2.75, 3.05) is 20.7 Å². The SMILES string of the molecule is C[C@H](CO)NC(=O)C#Cc1ccc2c(C(=Nc3ccc(CN(C)C)cc3)c3cccc4c3CCCCC4)c(O)[nH]c2c1. The van der Waals surface area contributed by atoms with Crippen LogP contribution < -0.4 is 5.32 Å². The lowest BCUT2D eigenvalue weighted by atomic mass is 9.91. The Labute approximate surface area is 247 Å². The molecule has 0 bridgehead atoms. The highest BCUT2D eigenvalue weighted by molar-refractivity contribution is 6.22. The Hall–Kier alpha value is -4.38. The average molecular weight is 563 g/mol. The molecule has 0 saturated heterocycles. The fraction of sp³-hybridized carbons (Fsp3) is 0.314. The number of aliphatic hydroxyl groups is 1. The van der Waals surface area contributed by atoms with Gasteiger partial charge in [-0.25, -0.2) is 4.99 Å². The molecule has 1 atom stereocenters. The monoisotopic (exact) mass is 562 g/mol. The second-order valence-electron chi connectivity index (χ2n) is 11.3. The van der Waals surface area contributed by atoms with Gasteiger partial charge in [0.05, 0.1) is 35.1 Å². The van der Waals surface area contributed by atoms with Crippen LogP contribution >= 0.6 is 0 Å². The number of aromatic nitrogens is 1. The summed E-state index contributed by atoms with van der Waals surface area (Å²) in [6, 6.07) is 19.9. The van der Waals surface area contributed by atoms with E-state index in [1.807, 2.05) is 30.3 Å². The van der Waals surface area contributed by atoms with Crippen LogP contribution in [-0.2, 0) is 24.2 Å². The molecule has 0 fully saturated rings.